The Kier molecular flexibility index (Phi) is 8.58. The molecule has 0 radical (unpaired) electrons. The van der Waals surface area contributed by atoms with Crippen molar-refractivity contribution in [1.82, 2.24) is 15.5 Å². The highest BCUT2D eigenvalue weighted by Crippen LogP contribution is 2.18. The number of hydrogen-bond acceptors (Lipinski definition) is 5. The molecule has 154 valence electrons. The first kappa shape index (κ1) is 21.5. The number of methoxy groups -OCH3 is 1. The van der Waals surface area contributed by atoms with Crippen molar-refractivity contribution in [3.63, 3.8) is 0 Å². The summed E-state index contributed by atoms with van der Waals surface area (Å²) in [6.07, 6.45) is 1.75. The van der Waals surface area contributed by atoms with Crippen LogP contribution in [0, 0.1) is 5.92 Å². The van der Waals surface area contributed by atoms with E-state index in [4.69, 9.17) is 9.47 Å². The average Bonchev–Trinajstić information content (AvgIpc) is 2.74. The van der Waals surface area contributed by atoms with Crippen molar-refractivity contribution in [2.24, 2.45) is 10.9 Å². The molecule has 0 spiro atoms. The number of benzene rings is 1. The van der Waals surface area contributed by atoms with Gasteiger partial charge in [0, 0.05) is 38.8 Å². The first-order valence-electron chi connectivity index (χ1n) is 9.63. The first-order chi connectivity index (χ1) is 13.6. The highest BCUT2D eigenvalue weighted by atomic mass is 16.5. The van der Waals surface area contributed by atoms with Gasteiger partial charge < -0.3 is 25.0 Å². The molecule has 8 heteroatoms. The van der Waals surface area contributed by atoms with Crippen molar-refractivity contribution < 1.29 is 19.1 Å². The summed E-state index contributed by atoms with van der Waals surface area (Å²) in [5.74, 6) is 1.04. The fourth-order valence-electron chi connectivity index (χ4n) is 3.15. The van der Waals surface area contributed by atoms with Gasteiger partial charge in [-0.25, -0.2) is 0 Å². The number of piperidine rings is 1. The highest BCUT2D eigenvalue weighted by molar-refractivity contribution is 5.94. The molecule has 8 nitrogen and oxygen atoms in total. The minimum Gasteiger partial charge on any atom is -0.497 e. The second-order valence-corrected chi connectivity index (χ2v) is 6.50. The molecule has 2 rings (SSSR count). The molecule has 1 aliphatic rings. The van der Waals surface area contributed by atoms with Gasteiger partial charge in [-0.2, -0.15) is 0 Å². The number of rotatable bonds is 7. The Morgan fingerprint density at radius 1 is 1.21 bits per heavy atom. The Morgan fingerprint density at radius 3 is 2.57 bits per heavy atom. The monoisotopic (exact) mass is 390 g/mol. The second kappa shape index (κ2) is 11.2. The molecule has 0 aromatic heterocycles. The molecule has 0 aliphatic carbocycles. The van der Waals surface area contributed by atoms with Crippen LogP contribution in [0.1, 0.15) is 30.1 Å². The van der Waals surface area contributed by atoms with Gasteiger partial charge in [-0.3, -0.25) is 14.6 Å². The smallest absolute Gasteiger partial charge is 0.310 e. The van der Waals surface area contributed by atoms with Gasteiger partial charge in [-0.15, -0.1) is 0 Å². The molecular weight excluding hydrogens is 360 g/mol. The number of nitrogens with zero attached hydrogens (tertiary/aromatic N) is 2. The lowest BCUT2D eigenvalue weighted by Crippen LogP contribution is -2.49. The molecule has 1 unspecified atom stereocenters. The van der Waals surface area contributed by atoms with E-state index in [9.17, 15) is 9.59 Å². The molecule has 1 fully saturated rings. The molecule has 1 saturated heterocycles. The quantitative estimate of drug-likeness (QED) is 0.315. The molecule has 1 heterocycles. The molecule has 1 aromatic rings. The Labute approximate surface area is 166 Å². The number of likely N-dealkylation sites (tertiary alicyclic amines) is 1. The van der Waals surface area contributed by atoms with Gasteiger partial charge in [-0.1, -0.05) is 0 Å². The number of carbonyl (C=O) groups is 2. The first-order valence-corrected chi connectivity index (χ1v) is 9.63. The number of ether oxygens (including phenoxy) is 2. The maximum absolute atomic E-state index is 12.2. The minimum atomic E-state index is -0.144. The summed E-state index contributed by atoms with van der Waals surface area (Å²) in [7, 11) is 3.30. The zero-order chi connectivity index (χ0) is 20.4. The SMILES string of the molecule is CCOC(=O)C1CCCN(C(=NC)NCCNC(=O)c2ccc(OC)cc2)C1. The standard InChI is InChI=1S/C20H30N4O4/c1-4-28-19(26)16-6-5-13-24(14-16)20(21-2)23-12-11-22-18(25)15-7-9-17(27-3)10-8-15/h7-10,16H,4-6,11-14H2,1-3H3,(H,21,23)(H,22,25). The molecule has 28 heavy (non-hydrogen) atoms. The summed E-state index contributed by atoms with van der Waals surface area (Å²) < 4.78 is 10.2. The van der Waals surface area contributed by atoms with E-state index in [2.05, 4.69) is 20.5 Å². The normalized spacial score (nSPS) is 17.0. The lowest BCUT2D eigenvalue weighted by molar-refractivity contribution is -0.149. The van der Waals surface area contributed by atoms with Crippen LogP contribution in [0.15, 0.2) is 29.3 Å². The number of amides is 1. The van der Waals surface area contributed by atoms with E-state index in [0.717, 1.165) is 25.3 Å². The Bertz CT molecular complexity index is 675. The van der Waals surface area contributed by atoms with Crippen LogP contribution in [0.25, 0.3) is 0 Å². The molecular formula is C20H30N4O4. The molecule has 0 bridgehead atoms. The van der Waals surface area contributed by atoms with Gasteiger partial charge in [0.25, 0.3) is 5.91 Å². The number of carbonyl (C=O) groups excluding carboxylic acids is 2. The maximum Gasteiger partial charge on any atom is 0.310 e. The number of guanidine groups is 1. The molecule has 1 aromatic carbocycles. The van der Waals surface area contributed by atoms with E-state index in [1.165, 1.54) is 0 Å². The van der Waals surface area contributed by atoms with Crippen LogP contribution in [0.5, 0.6) is 5.75 Å². The lowest BCUT2D eigenvalue weighted by atomic mass is 9.98. The van der Waals surface area contributed by atoms with Crippen molar-refractivity contribution in [2.45, 2.75) is 19.8 Å². The number of nitrogens with one attached hydrogen (secondary N) is 2. The zero-order valence-electron chi connectivity index (χ0n) is 16.9. The average molecular weight is 390 g/mol. The summed E-state index contributed by atoms with van der Waals surface area (Å²) in [5, 5.41) is 6.12. The summed E-state index contributed by atoms with van der Waals surface area (Å²) in [6, 6.07) is 6.96. The summed E-state index contributed by atoms with van der Waals surface area (Å²) in [4.78, 5) is 30.5. The lowest BCUT2D eigenvalue weighted by Gasteiger charge is -2.33. The van der Waals surface area contributed by atoms with Gasteiger partial charge in [0.1, 0.15) is 5.75 Å². The summed E-state index contributed by atoms with van der Waals surface area (Å²) in [5.41, 5.74) is 0.582. The van der Waals surface area contributed by atoms with Crippen LogP contribution < -0.4 is 15.4 Å². The second-order valence-electron chi connectivity index (χ2n) is 6.50. The fraction of sp³-hybridized carbons (Fsp3) is 0.550. The van der Waals surface area contributed by atoms with E-state index in [1.54, 1.807) is 38.4 Å². The number of hydrogen-bond donors (Lipinski definition) is 2. The van der Waals surface area contributed by atoms with Gasteiger partial charge in [0.05, 0.1) is 19.6 Å². The van der Waals surface area contributed by atoms with Crippen molar-refractivity contribution in [3.05, 3.63) is 29.8 Å². The van der Waals surface area contributed by atoms with Crippen LogP contribution >= 0.6 is 0 Å². The third-order valence-electron chi connectivity index (χ3n) is 4.60. The molecule has 1 atom stereocenters. The Balaban J connectivity index is 1.77. The Morgan fingerprint density at radius 2 is 1.93 bits per heavy atom. The molecule has 1 aliphatic heterocycles. The summed E-state index contributed by atoms with van der Waals surface area (Å²) >= 11 is 0. The van der Waals surface area contributed by atoms with Crippen molar-refractivity contribution >= 4 is 17.8 Å². The topological polar surface area (TPSA) is 92.3 Å². The number of esters is 1. The van der Waals surface area contributed by atoms with E-state index >= 15 is 0 Å². The van der Waals surface area contributed by atoms with Crippen molar-refractivity contribution in [3.8, 4) is 5.75 Å². The predicted octanol–water partition coefficient (Wildman–Crippen LogP) is 1.28. The van der Waals surface area contributed by atoms with E-state index in [1.807, 2.05) is 6.92 Å². The van der Waals surface area contributed by atoms with Gasteiger partial charge >= 0.3 is 5.97 Å². The molecule has 2 N–H and O–H groups in total. The van der Waals surface area contributed by atoms with Crippen LogP contribution in [0.4, 0.5) is 0 Å². The Hall–Kier alpha value is -2.77. The van der Waals surface area contributed by atoms with E-state index in [-0.39, 0.29) is 17.8 Å². The molecule has 0 saturated carbocycles. The van der Waals surface area contributed by atoms with Gasteiger partial charge in [-0.05, 0) is 44.0 Å². The van der Waals surface area contributed by atoms with Gasteiger partial charge in [0.2, 0.25) is 0 Å². The summed E-state index contributed by atoms with van der Waals surface area (Å²) in [6.45, 7) is 4.65. The van der Waals surface area contributed by atoms with Crippen molar-refractivity contribution in [1.29, 1.82) is 0 Å². The zero-order valence-corrected chi connectivity index (χ0v) is 16.9. The van der Waals surface area contributed by atoms with E-state index < -0.39 is 0 Å². The van der Waals surface area contributed by atoms with Crippen molar-refractivity contribution in [2.75, 3.05) is 46.9 Å². The van der Waals surface area contributed by atoms with Crippen LogP contribution in [-0.2, 0) is 9.53 Å². The van der Waals surface area contributed by atoms with E-state index in [0.29, 0.717) is 37.6 Å². The fourth-order valence-corrected chi connectivity index (χ4v) is 3.15. The molecule has 1 amide bonds. The third-order valence-corrected chi connectivity index (χ3v) is 4.60. The highest BCUT2D eigenvalue weighted by Gasteiger charge is 2.28. The predicted molar refractivity (Wildman–Crippen MR) is 108 cm³/mol. The van der Waals surface area contributed by atoms with Crippen LogP contribution in [0.3, 0.4) is 0 Å². The van der Waals surface area contributed by atoms with Crippen LogP contribution in [-0.4, -0.2) is 69.7 Å². The van der Waals surface area contributed by atoms with Crippen LogP contribution in [0.2, 0.25) is 0 Å². The number of aliphatic imine (C=N–C) groups is 1. The van der Waals surface area contributed by atoms with Gasteiger partial charge in [0.15, 0.2) is 5.96 Å². The minimum absolute atomic E-state index is 0.123. The largest absolute Gasteiger partial charge is 0.497 e. The maximum atomic E-state index is 12.2. The third kappa shape index (κ3) is 6.14.